The highest BCUT2D eigenvalue weighted by Crippen LogP contribution is 2.64. The normalized spacial score (nSPS) is 27.2. The summed E-state index contributed by atoms with van der Waals surface area (Å²) in [6, 6.07) is 25.7. The fraction of sp³-hybridized carbons (Fsp3) is 0.250. The third-order valence-corrected chi connectivity index (χ3v) is 11.5. The van der Waals surface area contributed by atoms with Crippen LogP contribution in [0.2, 0.25) is 5.02 Å². The first-order chi connectivity index (χ1) is 24.0. The van der Waals surface area contributed by atoms with Crippen LogP contribution in [0.3, 0.4) is 0 Å². The molecule has 4 aromatic rings. The molecule has 2 aliphatic carbocycles. The number of aryl methyl sites for hydroxylation is 1. The van der Waals surface area contributed by atoms with Gasteiger partial charge in [0.15, 0.2) is 0 Å². The number of imide groups is 2. The maximum absolute atomic E-state index is 14.6. The van der Waals surface area contributed by atoms with Gasteiger partial charge in [0.2, 0.25) is 23.6 Å². The van der Waals surface area contributed by atoms with Gasteiger partial charge in [-0.25, -0.2) is 9.29 Å². The lowest BCUT2D eigenvalue weighted by molar-refractivity contribution is -0.131. The molecule has 4 aromatic carbocycles. The van der Waals surface area contributed by atoms with Gasteiger partial charge in [0.25, 0.3) is 0 Å². The van der Waals surface area contributed by atoms with E-state index in [0.717, 1.165) is 33.5 Å². The second kappa shape index (κ2) is 11.7. The molecule has 0 unspecified atom stereocenters. The molecule has 50 heavy (non-hydrogen) atoms. The zero-order valence-corrected chi connectivity index (χ0v) is 28.0. The topological polar surface area (TPSA) is 107 Å². The Hall–Kier alpha value is -5.28. The number of anilines is 4. The maximum atomic E-state index is 14.6. The summed E-state index contributed by atoms with van der Waals surface area (Å²) in [5.74, 6) is -5.45. The monoisotopic (exact) mass is 689 g/mol. The number of benzene rings is 4. The van der Waals surface area contributed by atoms with E-state index < -0.39 is 52.6 Å². The van der Waals surface area contributed by atoms with E-state index in [-0.39, 0.29) is 34.7 Å². The van der Waals surface area contributed by atoms with Crippen molar-refractivity contribution in [2.75, 3.05) is 15.1 Å². The molecule has 8 nitrogen and oxygen atoms in total. The molecule has 2 N–H and O–H groups in total. The lowest BCUT2D eigenvalue weighted by Gasteiger charge is -2.49. The Kier molecular flexibility index (Phi) is 7.45. The first-order valence-electron chi connectivity index (χ1n) is 16.6. The van der Waals surface area contributed by atoms with Crippen molar-refractivity contribution >= 4 is 58.0 Å². The summed E-state index contributed by atoms with van der Waals surface area (Å²) in [4.78, 5) is 59.7. The molecule has 0 spiro atoms. The highest BCUT2D eigenvalue weighted by Gasteiger charge is 2.67. The summed E-state index contributed by atoms with van der Waals surface area (Å²) in [6.07, 6.45) is 2.47. The number of hydrogen-bond acceptors (Lipinski definition) is 6. The number of aromatic hydroxyl groups is 1. The van der Waals surface area contributed by atoms with Gasteiger partial charge in [-0.05, 0) is 104 Å². The summed E-state index contributed by atoms with van der Waals surface area (Å²) in [5, 5.41) is 13.5. The number of nitrogens with one attached hydrogen (secondary N) is 1. The van der Waals surface area contributed by atoms with E-state index in [0.29, 0.717) is 17.7 Å². The number of rotatable bonds is 5. The molecule has 4 amide bonds. The number of carbonyl (C=O) groups is 4. The van der Waals surface area contributed by atoms with E-state index in [4.69, 9.17) is 11.6 Å². The number of amides is 4. The van der Waals surface area contributed by atoms with Gasteiger partial charge < -0.3 is 10.4 Å². The summed E-state index contributed by atoms with van der Waals surface area (Å²) < 4.78 is 14.1. The highest BCUT2D eigenvalue weighted by atomic mass is 35.5. The number of phenolic OH excluding ortho intramolecular Hbond substituents is 1. The van der Waals surface area contributed by atoms with Gasteiger partial charge in [-0.15, -0.1) is 0 Å². The van der Waals surface area contributed by atoms with Crippen molar-refractivity contribution in [3.05, 3.63) is 125 Å². The van der Waals surface area contributed by atoms with Crippen molar-refractivity contribution in [1.29, 1.82) is 0 Å². The molecular formula is C40H33ClFN3O5. The molecule has 2 heterocycles. The van der Waals surface area contributed by atoms with Crippen LogP contribution in [-0.2, 0) is 19.2 Å². The summed E-state index contributed by atoms with van der Waals surface area (Å²) in [7, 11) is 0. The molecule has 0 bridgehead atoms. The summed E-state index contributed by atoms with van der Waals surface area (Å²) >= 11 is 6.10. The first-order valence-corrected chi connectivity index (χ1v) is 17.0. The van der Waals surface area contributed by atoms with E-state index in [9.17, 15) is 28.7 Å². The van der Waals surface area contributed by atoms with Crippen LogP contribution in [0.1, 0.15) is 36.8 Å². The van der Waals surface area contributed by atoms with Crippen LogP contribution in [0, 0.1) is 41.8 Å². The molecule has 2 saturated heterocycles. The second-order valence-electron chi connectivity index (χ2n) is 13.9. The Balaban J connectivity index is 1.18. The van der Waals surface area contributed by atoms with E-state index in [1.54, 1.807) is 38.1 Å². The Labute approximate surface area is 293 Å². The van der Waals surface area contributed by atoms with Crippen LogP contribution in [0.25, 0.3) is 0 Å². The van der Waals surface area contributed by atoms with Gasteiger partial charge in [0, 0.05) is 17.3 Å². The minimum atomic E-state index is -1.27. The molecular weight excluding hydrogens is 657 g/mol. The van der Waals surface area contributed by atoms with E-state index in [2.05, 4.69) is 5.32 Å². The Bertz CT molecular complexity index is 2140. The lowest BCUT2D eigenvalue weighted by Crippen LogP contribution is -2.48. The van der Waals surface area contributed by atoms with Crippen LogP contribution in [0.15, 0.2) is 103 Å². The quantitative estimate of drug-likeness (QED) is 0.165. The van der Waals surface area contributed by atoms with Crippen molar-refractivity contribution in [2.45, 2.75) is 32.6 Å². The number of allylic oxidation sites excluding steroid dienone is 2. The lowest BCUT2D eigenvalue weighted by atomic mass is 9.51. The zero-order valence-electron chi connectivity index (χ0n) is 27.3. The first kappa shape index (κ1) is 32.0. The second-order valence-corrected chi connectivity index (χ2v) is 14.3. The van der Waals surface area contributed by atoms with E-state index in [1.807, 2.05) is 54.6 Å². The molecule has 1 saturated carbocycles. The Morgan fingerprint density at radius 1 is 0.820 bits per heavy atom. The van der Waals surface area contributed by atoms with Crippen molar-refractivity contribution in [1.82, 2.24) is 0 Å². The molecule has 3 fully saturated rings. The molecule has 252 valence electrons. The molecule has 2 aliphatic heterocycles. The Morgan fingerprint density at radius 2 is 1.52 bits per heavy atom. The molecule has 10 heteroatoms. The smallest absolute Gasteiger partial charge is 0.241 e. The average molecular weight is 690 g/mol. The number of fused-ring (bicyclic) bond motifs is 4. The van der Waals surface area contributed by atoms with Gasteiger partial charge >= 0.3 is 0 Å². The van der Waals surface area contributed by atoms with Crippen molar-refractivity contribution in [2.24, 2.45) is 29.1 Å². The number of phenols is 1. The van der Waals surface area contributed by atoms with Gasteiger partial charge in [-0.3, -0.25) is 24.1 Å². The van der Waals surface area contributed by atoms with Crippen LogP contribution in [-0.4, -0.2) is 28.7 Å². The third-order valence-electron chi connectivity index (χ3n) is 11.2. The van der Waals surface area contributed by atoms with Crippen molar-refractivity contribution in [3.63, 3.8) is 0 Å². The molecule has 8 rings (SSSR count). The predicted molar refractivity (Wildman–Crippen MR) is 188 cm³/mol. The van der Waals surface area contributed by atoms with Crippen LogP contribution in [0.4, 0.5) is 27.1 Å². The fourth-order valence-corrected chi connectivity index (χ4v) is 8.94. The molecule has 0 radical (unpaired) electrons. The van der Waals surface area contributed by atoms with Gasteiger partial charge in [0.05, 0.1) is 39.6 Å². The number of halogens is 2. The summed E-state index contributed by atoms with van der Waals surface area (Å²) in [6.45, 7) is 3.54. The zero-order chi connectivity index (χ0) is 35.1. The molecule has 4 aliphatic rings. The minimum absolute atomic E-state index is 0.0918. The van der Waals surface area contributed by atoms with Crippen LogP contribution < -0.4 is 15.1 Å². The fourth-order valence-electron chi connectivity index (χ4n) is 8.76. The minimum Gasteiger partial charge on any atom is -0.508 e. The number of nitrogens with zero attached hydrogens (tertiary/aromatic N) is 2. The average Bonchev–Trinajstić information content (AvgIpc) is 3.47. The predicted octanol–water partition coefficient (Wildman–Crippen LogP) is 7.67. The van der Waals surface area contributed by atoms with Crippen LogP contribution in [0.5, 0.6) is 5.75 Å². The highest BCUT2D eigenvalue weighted by molar-refractivity contribution is 6.32. The number of para-hydroxylation sites is 1. The van der Waals surface area contributed by atoms with Crippen molar-refractivity contribution in [3.8, 4) is 5.75 Å². The van der Waals surface area contributed by atoms with Crippen LogP contribution >= 0.6 is 11.6 Å². The maximum Gasteiger partial charge on any atom is 0.241 e. The van der Waals surface area contributed by atoms with E-state index in [1.165, 1.54) is 17.0 Å². The van der Waals surface area contributed by atoms with Gasteiger partial charge in [-0.1, -0.05) is 53.6 Å². The van der Waals surface area contributed by atoms with Crippen molar-refractivity contribution < 1.29 is 28.7 Å². The molecule has 0 aromatic heterocycles. The standard InChI is InChI=1S/C40H33ClFN3O5/c1-21-18-22(8-17-33(21)46)35-27-14-15-28-34(38(49)44(36(28)47)25-11-9-24(10-12-25)43-23-6-4-3-5-7-23)29(27)20-30-37(48)45(39(50)40(30,35)2)26-13-16-32(42)31(41)19-26/h3-14,16-19,28-30,34-35,43,46H,15,20H2,1-2H3/t28-,29+,30-,34-,35-,40+/m0/s1. The van der Waals surface area contributed by atoms with Gasteiger partial charge in [0.1, 0.15) is 11.6 Å². The number of carbonyl (C=O) groups excluding carboxylic acids is 4. The number of hydrogen-bond donors (Lipinski definition) is 2. The van der Waals surface area contributed by atoms with E-state index >= 15 is 0 Å². The largest absolute Gasteiger partial charge is 0.508 e. The third kappa shape index (κ3) is 4.70. The van der Waals surface area contributed by atoms with Gasteiger partial charge in [-0.2, -0.15) is 0 Å². The summed E-state index contributed by atoms with van der Waals surface area (Å²) in [5.41, 5.74) is 3.22. The molecule has 6 atom stereocenters. The Morgan fingerprint density at radius 3 is 2.22 bits per heavy atom. The SMILES string of the molecule is Cc1cc([C@H]2C3=CC[C@@H]4C(=O)N(c5ccc(Nc6ccccc6)cc5)C(=O)[C@@H]4[C@@H]3C[C@H]3C(=O)N(c4ccc(F)c(Cl)c4)C(=O)[C@@]23C)ccc1O.